The summed E-state index contributed by atoms with van der Waals surface area (Å²) in [7, 11) is -9.92. The maximum Gasteiger partial charge on any atom is 0.472 e. The van der Waals surface area contributed by atoms with Crippen LogP contribution in [0.2, 0.25) is 0 Å². The number of hydrogen-bond donors (Lipinski definition) is 3. The van der Waals surface area contributed by atoms with Crippen molar-refractivity contribution in [3.8, 4) is 0 Å². The van der Waals surface area contributed by atoms with Crippen LogP contribution in [0.3, 0.4) is 0 Å². The van der Waals surface area contributed by atoms with E-state index in [0.717, 1.165) is 102 Å². The van der Waals surface area contributed by atoms with Crippen molar-refractivity contribution in [3.63, 3.8) is 0 Å². The number of phosphoric acid groups is 2. The molecule has 0 fully saturated rings. The van der Waals surface area contributed by atoms with E-state index in [9.17, 15) is 43.2 Å². The molecule has 0 saturated carbocycles. The molecule has 3 N–H and O–H groups in total. The molecule has 3 unspecified atom stereocenters. The molecule has 0 amide bonds. The Labute approximate surface area is 626 Å². The third kappa shape index (κ3) is 74.9. The summed E-state index contributed by atoms with van der Waals surface area (Å²) in [4.78, 5) is 73.2. The van der Waals surface area contributed by atoms with E-state index in [0.29, 0.717) is 25.7 Å². The summed E-state index contributed by atoms with van der Waals surface area (Å²) in [6, 6.07) is 0. The van der Waals surface area contributed by atoms with Gasteiger partial charge in [-0.25, -0.2) is 9.13 Å². The third-order valence-corrected chi connectivity index (χ3v) is 21.7. The second-order valence-electron chi connectivity index (χ2n) is 30.6. The van der Waals surface area contributed by atoms with Gasteiger partial charge in [-0.05, 0) is 37.5 Å². The number of unbranched alkanes of at least 4 members (excludes halogenated alkanes) is 51. The van der Waals surface area contributed by atoms with Crippen LogP contribution in [0.25, 0.3) is 0 Å². The molecule has 0 heterocycles. The molecule has 0 rings (SSSR count). The van der Waals surface area contributed by atoms with Crippen LogP contribution in [0.4, 0.5) is 0 Å². The lowest BCUT2D eigenvalue weighted by molar-refractivity contribution is -0.161. The Bertz CT molecular complexity index is 1960. The first kappa shape index (κ1) is 100. The molecule has 0 aliphatic rings. The molecule has 0 bridgehead atoms. The second-order valence-corrected chi connectivity index (χ2v) is 33.5. The monoisotopic (exact) mass is 1490 g/mol. The maximum absolute atomic E-state index is 13.1. The molecule has 6 atom stereocenters. The van der Waals surface area contributed by atoms with Gasteiger partial charge in [0.05, 0.1) is 26.4 Å². The van der Waals surface area contributed by atoms with Crippen LogP contribution in [0.1, 0.15) is 440 Å². The number of ether oxygens (including phenoxy) is 4. The summed E-state index contributed by atoms with van der Waals surface area (Å²) < 4.78 is 68.8. The normalized spacial score (nSPS) is 14.1. The summed E-state index contributed by atoms with van der Waals surface area (Å²) in [5.41, 5.74) is 0. The maximum atomic E-state index is 13.1. The van der Waals surface area contributed by atoms with Crippen LogP contribution in [-0.4, -0.2) is 96.7 Å². The highest BCUT2D eigenvalue weighted by Gasteiger charge is 2.30. The molecule has 0 saturated heterocycles. The Hall–Kier alpha value is -1.94. The van der Waals surface area contributed by atoms with Gasteiger partial charge in [0.25, 0.3) is 0 Å². The molecule has 102 heavy (non-hydrogen) atoms. The molecule has 0 radical (unpaired) electrons. The number of aliphatic hydroxyl groups is 1. The summed E-state index contributed by atoms with van der Waals surface area (Å²) in [5.74, 6) is -0.517. The summed E-state index contributed by atoms with van der Waals surface area (Å²) in [5, 5.41) is 10.7. The third-order valence-electron chi connectivity index (χ3n) is 19.8. The average Bonchev–Trinajstić information content (AvgIpc) is 0.916. The van der Waals surface area contributed by atoms with E-state index >= 15 is 0 Å². The Balaban J connectivity index is 5.26. The zero-order valence-electron chi connectivity index (χ0n) is 66.9. The first-order valence-electron chi connectivity index (χ1n) is 43.0. The first-order valence-corrected chi connectivity index (χ1v) is 46.0. The van der Waals surface area contributed by atoms with E-state index in [1.807, 2.05) is 0 Å². The predicted octanol–water partition coefficient (Wildman–Crippen LogP) is 25.1. The number of aliphatic hydroxyl groups excluding tert-OH is 1. The van der Waals surface area contributed by atoms with Crippen molar-refractivity contribution in [2.24, 2.45) is 11.8 Å². The molecule has 606 valence electrons. The average molecular weight is 1490 g/mol. The predicted molar refractivity (Wildman–Crippen MR) is 418 cm³/mol. The van der Waals surface area contributed by atoms with Crippen molar-refractivity contribution in [3.05, 3.63) is 0 Å². The van der Waals surface area contributed by atoms with Crippen LogP contribution < -0.4 is 0 Å². The van der Waals surface area contributed by atoms with E-state index < -0.39 is 97.5 Å². The molecule has 0 aromatic heterocycles. The Morgan fingerprint density at radius 1 is 0.284 bits per heavy atom. The lowest BCUT2D eigenvalue weighted by atomic mass is 9.99. The number of esters is 4. The lowest BCUT2D eigenvalue weighted by Crippen LogP contribution is -2.30. The van der Waals surface area contributed by atoms with Crippen molar-refractivity contribution < 1.29 is 80.2 Å². The van der Waals surface area contributed by atoms with Gasteiger partial charge in [0.2, 0.25) is 0 Å². The fourth-order valence-electron chi connectivity index (χ4n) is 12.9. The van der Waals surface area contributed by atoms with Crippen molar-refractivity contribution in [1.82, 2.24) is 0 Å². The van der Waals surface area contributed by atoms with Gasteiger partial charge in [-0.3, -0.25) is 37.3 Å². The van der Waals surface area contributed by atoms with Crippen LogP contribution in [0.5, 0.6) is 0 Å². The van der Waals surface area contributed by atoms with Crippen molar-refractivity contribution in [2.75, 3.05) is 39.6 Å². The highest BCUT2D eigenvalue weighted by atomic mass is 31.2. The summed E-state index contributed by atoms with van der Waals surface area (Å²) >= 11 is 0. The quantitative estimate of drug-likeness (QED) is 0.0222. The number of hydrogen-bond acceptors (Lipinski definition) is 15. The molecule has 0 aliphatic carbocycles. The second kappa shape index (κ2) is 74.5. The SMILES string of the molecule is CCCCCCCCCCCCCCCCCCC(=O)OC[C@H](COP(=O)(O)OC[C@@H](O)COP(=O)(O)OC[C@@H](COC(=O)CCCCCCCCCCC(C)CC)OC(=O)CCCCCCCCCCCCCCCCC)OC(=O)CCCCCCCCCCCCCCCCCCC(C)C. The highest BCUT2D eigenvalue weighted by molar-refractivity contribution is 7.47. The smallest absolute Gasteiger partial charge is 0.462 e. The van der Waals surface area contributed by atoms with E-state index in [-0.39, 0.29) is 25.7 Å². The van der Waals surface area contributed by atoms with Gasteiger partial charge in [0.1, 0.15) is 19.3 Å². The molecule has 19 heteroatoms. The fraction of sp³-hybridized carbons (Fsp3) is 0.952. The topological polar surface area (TPSA) is 237 Å². The van der Waals surface area contributed by atoms with Crippen LogP contribution in [-0.2, 0) is 65.4 Å². The van der Waals surface area contributed by atoms with Gasteiger partial charge in [0, 0.05) is 25.7 Å². The fourth-order valence-corrected chi connectivity index (χ4v) is 14.4. The number of rotatable bonds is 82. The standard InChI is InChI=1S/C83H162O17P2/c1-7-10-12-14-16-18-20-22-24-29-32-36-40-47-53-59-65-80(85)93-71-78(99-82(87)68-62-56-50-42-38-34-30-26-25-28-31-35-39-45-51-57-63-75(4)5)73-97-101(89,90)95-69-77(84)70-96-102(91,92)98-74-79(72-94-81(86)66-60-54-48-44-43-46-52-58-64-76(6)9-3)100-83(88)67-61-55-49-41-37-33-27-23-21-19-17-15-13-11-8-2/h75-79,84H,7-74H2,1-6H3,(H,89,90)(H,91,92)/t76?,77-,78-,79-/m1/s1. The van der Waals surface area contributed by atoms with Gasteiger partial charge in [-0.15, -0.1) is 0 Å². The van der Waals surface area contributed by atoms with E-state index in [1.54, 1.807) is 0 Å². The molecule has 0 spiro atoms. The van der Waals surface area contributed by atoms with Crippen LogP contribution >= 0.6 is 15.6 Å². The Morgan fingerprint density at radius 3 is 0.745 bits per heavy atom. The minimum absolute atomic E-state index is 0.108. The Morgan fingerprint density at radius 2 is 0.500 bits per heavy atom. The van der Waals surface area contributed by atoms with Gasteiger partial charge in [-0.1, -0.05) is 388 Å². The number of carbonyl (C=O) groups excluding carboxylic acids is 4. The molecule has 17 nitrogen and oxygen atoms in total. The zero-order chi connectivity index (χ0) is 74.9. The van der Waals surface area contributed by atoms with Crippen molar-refractivity contribution in [1.29, 1.82) is 0 Å². The largest absolute Gasteiger partial charge is 0.472 e. The van der Waals surface area contributed by atoms with E-state index in [2.05, 4.69) is 41.5 Å². The van der Waals surface area contributed by atoms with Crippen LogP contribution in [0, 0.1) is 11.8 Å². The van der Waals surface area contributed by atoms with Gasteiger partial charge in [0.15, 0.2) is 12.2 Å². The number of carbonyl (C=O) groups is 4. The van der Waals surface area contributed by atoms with Crippen molar-refractivity contribution in [2.45, 2.75) is 458 Å². The van der Waals surface area contributed by atoms with Gasteiger partial charge < -0.3 is 33.8 Å². The van der Waals surface area contributed by atoms with E-state index in [4.69, 9.17) is 37.0 Å². The first-order chi connectivity index (χ1) is 49.4. The minimum atomic E-state index is -4.96. The summed E-state index contributed by atoms with van der Waals surface area (Å²) in [6.45, 7) is 9.69. The van der Waals surface area contributed by atoms with Gasteiger partial charge >= 0.3 is 39.5 Å². The minimum Gasteiger partial charge on any atom is -0.462 e. The highest BCUT2D eigenvalue weighted by Crippen LogP contribution is 2.45. The zero-order valence-corrected chi connectivity index (χ0v) is 68.7. The molecular formula is C83H162O17P2. The molecular weight excluding hydrogens is 1330 g/mol. The lowest BCUT2D eigenvalue weighted by Gasteiger charge is -2.21. The number of phosphoric ester groups is 2. The van der Waals surface area contributed by atoms with Gasteiger partial charge in [-0.2, -0.15) is 0 Å². The van der Waals surface area contributed by atoms with Crippen molar-refractivity contribution >= 4 is 39.5 Å². The van der Waals surface area contributed by atoms with Crippen LogP contribution in [0.15, 0.2) is 0 Å². The Kier molecular flexibility index (Phi) is 73.1. The summed E-state index contributed by atoms with van der Waals surface area (Å²) in [6.07, 6.45) is 65.1. The van der Waals surface area contributed by atoms with E-state index in [1.165, 1.54) is 257 Å². The molecule has 0 aromatic carbocycles. The molecule has 0 aliphatic heterocycles. The molecule has 0 aromatic rings.